The first-order chi connectivity index (χ1) is 13.8. The average Bonchev–Trinajstić information content (AvgIpc) is 2.73. The monoisotopic (exact) mass is 390 g/mol. The van der Waals surface area contributed by atoms with Crippen LogP contribution in [-0.4, -0.2) is 20.0 Å². The zero-order valence-corrected chi connectivity index (χ0v) is 17.7. The Hall–Kier alpha value is -3.11. The molecule has 3 aromatic rings. The molecule has 2 N–H and O–H groups in total. The normalized spacial score (nSPS) is 11.2. The lowest BCUT2D eigenvalue weighted by Crippen LogP contribution is -2.70. The van der Waals surface area contributed by atoms with E-state index in [1.54, 1.807) is 32.4 Å². The second-order valence-corrected chi connectivity index (χ2v) is 8.03. The lowest BCUT2D eigenvalue weighted by molar-refractivity contribution is -0.478. The number of carbonyl (C=O) groups excluding carboxylic acids is 1. The van der Waals surface area contributed by atoms with Gasteiger partial charge < -0.3 is 9.47 Å². The van der Waals surface area contributed by atoms with Crippen molar-refractivity contribution in [3.63, 3.8) is 0 Å². The van der Waals surface area contributed by atoms with Crippen LogP contribution in [0.5, 0.6) is 11.5 Å². The molecule has 0 radical (unpaired) electrons. The van der Waals surface area contributed by atoms with Gasteiger partial charge in [-0.3, -0.25) is 10.1 Å². The van der Waals surface area contributed by atoms with Crippen molar-refractivity contribution in [3.8, 4) is 11.5 Å². The van der Waals surface area contributed by atoms with Crippen LogP contribution in [-0.2, 0) is 5.41 Å². The third-order valence-electron chi connectivity index (χ3n) is 4.94. The van der Waals surface area contributed by atoms with Gasteiger partial charge in [0.1, 0.15) is 22.9 Å². The van der Waals surface area contributed by atoms with Gasteiger partial charge in [-0.05, 0) is 47.4 Å². The largest absolute Gasteiger partial charge is 0.497 e. The van der Waals surface area contributed by atoms with Crippen LogP contribution in [0.4, 0.5) is 11.4 Å². The quantitative estimate of drug-likeness (QED) is 0.488. The predicted octanol–water partition coefficient (Wildman–Crippen LogP) is 4.76. The van der Waals surface area contributed by atoms with Crippen LogP contribution in [0.1, 0.15) is 42.3 Å². The topological polar surface area (TPSA) is 52.1 Å². The molecule has 0 saturated carbocycles. The SMILES string of the molecule is COc1ccc(C(=O)c2ccc([NH2+]c3ccc(C(C)(C)C)cc3)cc2)c(OC)c1. The zero-order valence-electron chi connectivity index (χ0n) is 17.7. The van der Waals surface area contributed by atoms with Gasteiger partial charge in [0.25, 0.3) is 0 Å². The predicted molar refractivity (Wildman–Crippen MR) is 116 cm³/mol. The van der Waals surface area contributed by atoms with Gasteiger partial charge in [0.15, 0.2) is 5.78 Å². The van der Waals surface area contributed by atoms with E-state index < -0.39 is 0 Å². The molecule has 0 atom stereocenters. The Balaban J connectivity index is 1.75. The standard InChI is InChI=1S/C25H27NO3/c1-25(2,3)18-8-12-20(13-9-18)26-19-10-6-17(7-11-19)24(27)22-15-14-21(28-4)16-23(22)29-5/h6-16,26H,1-5H3/p+1. The third kappa shape index (κ3) is 4.84. The molecule has 29 heavy (non-hydrogen) atoms. The zero-order chi connectivity index (χ0) is 21.0. The number of quaternary nitrogens is 1. The van der Waals surface area contributed by atoms with Crippen molar-refractivity contribution in [2.45, 2.75) is 26.2 Å². The Morgan fingerprint density at radius 3 is 1.90 bits per heavy atom. The molecule has 0 aliphatic rings. The number of carbonyl (C=O) groups is 1. The van der Waals surface area contributed by atoms with E-state index >= 15 is 0 Å². The maximum Gasteiger partial charge on any atom is 0.196 e. The van der Waals surface area contributed by atoms with Crippen LogP contribution < -0.4 is 14.8 Å². The summed E-state index contributed by atoms with van der Waals surface area (Å²) in [6, 6.07) is 21.4. The molecular weight excluding hydrogens is 362 g/mol. The van der Waals surface area contributed by atoms with E-state index in [4.69, 9.17) is 9.47 Å². The summed E-state index contributed by atoms with van der Waals surface area (Å²) >= 11 is 0. The van der Waals surface area contributed by atoms with E-state index in [1.807, 2.05) is 24.3 Å². The lowest BCUT2D eigenvalue weighted by Gasteiger charge is -2.18. The van der Waals surface area contributed by atoms with Crippen molar-refractivity contribution in [1.82, 2.24) is 0 Å². The highest BCUT2D eigenvalue weighted by Crippen LogP contribution is 2.27. The molecule has 0 spiro atoms. The van der Waals surface area contributed by atoms with E-state index in [1.165, 1.54) is 5.56 Å². The first-order valence-electron chi connectivity index (χ1n) is 9.64. The highest BCUT2D eigenvalue weighted by atomic mass is 16.5. The Kier molecular flexibility index (Phi) is 6.04. The first kappa shape index (κ1) is 20.6. The number of benzene rings is 3. The fraction of sp³-hybridized carbons (Fsp3) is 0.240. The van der Waals surface area contributed by atoms with E-state index in [-0.39, 0.29) is 11.2 Å². The number of nitrogens with two attached hydrogens (primary N) is 1. The van der Waals surface area contributed by atoms with Crippen molar-refractivity contribution >= 4 is 17.2 Å². The van der Waals surface area contributed by atoms with Crippen molar-refractivity contribution in [1.29, 1.82) is 0 Å². The van der Waals surface area contributed by atoms with E-state index in [0.29, 0.717) is 22.6 Å². The summed E-state index contributed by atoms with van der Waals surface area (Å²) in [5, 5.41) is 2.11. The number of hydrogen-bond acceptors (Lipinski definition) is 3. The minimum absolute atomic E-state index is 0.0782. The molecule has 3 rings (SSSR count). The summed E-state index contributed by atoms with van der Waals surface area (Å²) in [5.74, 6) is 1.08. The first-order valence-corrected chi connectivity index (χ1v) is 9.64. The molecule has 150 valence electrons. The second kappa shape index (κ2) is 8.50. The van der Waals surface area contributed by atoms with Gasteiger partial charge >= 0.3 is 0 Å². The van der Waals surface area contributed by atoms with Crippen molar-refractivity contribution in [2.75, 3.05) is 14.2 Å². The van der Waals surface area contributed by atoms with Gasteiger partial charge in [-0.25, -0.2) is 0 Å². The molecule has 0 unspecified atom stereocenters. The van der Waals surface area contributed by atoms with Crippen LogP contribution >= 0.6 is 0 Å². The van der Waals surface area contributed by atoms with Gasteiger partial charge in [-0.15, -0.1) is 0 Å². The Morgan fingerprint density at radius 2 is 1.38 bits per heavy atom. The number of hydrogen-bond donors (Lipinski definition) is 1. The summed E-state index contributed by atoms with van der Waals surface area (Å²) in [6.45, 7) is 6.62. The molecular formula is C25H28NO3+. The summed E-state index contributed by atoms with van der Waals surface area (Å²) in [7, 11) is 3.14. The third-order valence-corrected chi connectivity index (χ3v) is 4.94. The summed E-state index contributed by atoms with van der Waals surface area (Å²) in [6.07, 6.45) is 0. The fourth-order valence-electron chi connectivity index (χ4n) is 3.14. The van der Waals surface area contributed by atoms with E-state index in [9.17, 15) is 4.79 Å². The number of ketones is 1. The van der Waals surface area contributed by atoms with Crippen molar-refractivity contribution < 1.29 is 19.6 Å². The molecule has 3 aromatic carbocycles. The van der Waals surface area contributed by atoms with Gasteiger partial charge in [0, 0.05) is 23.8 Å². The molecule has 0 aliphatic carbocycles. The molecule has 0 heterocycles. The van der Waals surface area contributed by atoms with Gasteiger partial charge in [0.2, 0.25) is 0 Å². The van der Waals surface area contributed by atoms with Crippen LogP contribution in [0.25, 0.3) is 0 Å². The Morgan fingerprint density at radius 1 is 0.793 bits per heavy atom. The van der Waals surface area contributed by atoms with Gasteiger partial charge in [0.05, 0.1) is 19.8 Å². The molecule has 0 fully saturated rings. The van der Waals surface area contributed by atoms with E-state index in [2.05, 4.69) is 50.4 Å². The number of ether oxygens (including phenoxy) is 2. The maximum atomic E-state index is 12.9. The van der Waals surface area contributed by atoms with Crippen LogP contribution in [0.2, 0.25) is 0 Å². The molecule has 0 aliphatic heterocycles. The van der Waals surface area contributed by atoms with Crippen molar-refractivity contribution in [3.05, 3.63) is 83.4 Å². The molecule has 4 nitrogen and oxygen atoms in total. The lowest BCUT2D eigenvalue weighted by atomic mass is 9.87. The van der Waals surface area contributed by atoms with Gasteiger partial charge in [-0.1, -0.05) is 32.9 Å². The van der Waals surface area contributed by atoms with Crippen LogP contribution in [0, 0.1) is 0 Å². The minimum atomic E-state index is -0.0782. The molecule has 4 heteroatoms. The van der Waals surface area contributed by atoms with Crippen LogP contribution in [0.3, 0.4) is 0 Å². The highest BCUT2D eigenvalue weighted by Gasteiger charge is 2.16. The van der Waals surface area contributed by atoms with Crippen LogP contribution in [0.15, 0.2) is 66.7 Å². The average molecular weight is 391 g/mol. The summed E-state index contributed by atoms with van der Waals surface area (Å²) in [5.41, 5.74) is 4.77. The summed E-state index contributed by atoms with van der Waals surface area (Å²) in [4.78, 5) is 12.9. The molecule has 0 amide bonds. The Bertz CT molecular complexity index is 984. The maximum absolute atomic E-state index is 12.9. The molecule has 0 bridgehead atoms. The van der Waals surface area contributed by atoms with Crippen molar-refractivity contribution in [2.24, 2.45) is 0 Å². The number of rotatable bonds is 6. The Labute approximate surface area is 172 Å². The smallest absolute Gasteiger partial charge is 0.196 e. The number of methoxy groups -OCH3 is 2. The fourth-order valence-corrected chi connectivity index (χ4v) is 3.14. The molecule has 0 saturated heterocycles. The van der Waals surface area contributed by atoms with E-state index in [0.717, 1.165) is 11.4 Å². The second-order valence-electron chi connectivity index (χ2n) is 8.03. The molecule has 0 aromatic heterocycles. The highest BCUT2D eigenvalue weighted by molar-refractivity contribution is 6.10. The van der Waals surface area contributed by atoms with Gasteiger partial charge in [-0.2, -0.15) is 0 Å². The summed E-state index contributed by atoms with van der Waals surface area (Å²) < 4.78 is 10.6. The minimum Gasteiger partial charge on any atom is -0.497 e.